The molecule has 2 N–H and O–H groups in total. The Labute approximate surface area is 158 Å². The molecule has 0 heterocycles. The van der Waals surface area contributed by atoms with E-state index in [0.29, 0.717) is 12.6 Å². The average Bonchev–Trinajstić information content (AvgIpc) is 2.63. The van der Waals surface area contributed by atoms with Gasteiger partial charge in [0.2, 0.25) is 0 Å². The molecule has 0 saturated carbocycles. The van der Waals surface area contributed by atoms with Crippen molar-refractivity contribution >= 4 is 0 Å². The second-order valence-corrected chi connectivity index (χ2v) is 7.53. The van der Waals surface area contributed by atoms with Crippen LogP contribution in [0, 0.1) is 0 Å². The standard InChI is InChI=1S/C22H47NO2/c1-3-5-6-7-8-9-10-11-12-13-14-15-16-17-18-19-22(4-2)23-25-21-20-24/h22-24H,3-21H2,1-2H3. The second kappa shape index (κ2) is 21.9. The van der Waals surface area contributed by atoms with E-state index in [1.807, 2.05) is 0 Å². The maximum absolute atomic E-state index is 8.70. The molecular formula is C22H47NO2. The van der Waals surface area contributed by atoms with E-state index >= 15 is 0 Å². The zero-order valence-electron chi connectivity index (χ0n) is 17.4. The third-order valence-electron chi connectivity index (χ3n) is 5.09. The van der Waals surface area contributed by atoms with Gasteiger partial charge in [0.25, 0.3) is 0 Å². The number of hydrogen-bond donors (Lipinski definition) is 2. The van der Waals surface area contributed by atoms with Crippen molar-refractivity contribution in [2.45, 2.75) is 129 Å². The minimum absolute atomic E-state index is 0.0857. The fraction of sp³-hybridized carbons (Fsp3) is 1.00. The molecule has 3 heteroatoms. The van der Waals surface area contributed by atoms with Gasteiger partial charge in [-0.25, -0.2) is 0 Å². The van der Waals surface area contributed by atoms with E-state index in [2.05, 4.69) is 19.3 Å². The molecule has 25 heavy (non-hydrogen) atoms. The van der Waals surface area contributed by atoms with Crippen LogP contribution in [0.5, 0.6) is 0 Å². The SMILES string of the molecule is CCCCCCCCCCCCCCCCCC(CC)NOCCO. The second-order valence-electron chi connectivity index (χ2n) is 7.53. The van der Waals surface area contributed by atoms with Crippen molar-refractivity contribution in [2.75, 3.05) is 13.2 Å². The highest BCUT2D eigenvalue weighted by Gasteiger charge is 2.05. The average molecular weight is 358 g/mol. The number of unbranched alkanes of at least 4 members (excludes halogenated alkanes) is 14. The first-order valence-corrected chi connectivity index (χ1v) is 11.3. The molecule has 0 bridgehead atoms. The molecule has 1 unspecified atom stereocenters. The largest absolute Gasteiger partial charge is 0.394 e. The Bertz CT molecular complexity index is 236. The van der Waals surface area contributed by atoms with E-state index in [4.69, 9.17) is 9.94 Å². The van der Waals surface area contributed by atoms with Crippen molar-refractivity contribution in [1.29, 1.82) is 0 Å². The van der Waals surface area contributed by atoms with Crippen LogP contribution >= 0.6 is 0 Å². The van der Waals surface area contributed by atoms with Gasteiger partial charge < -0.3 is 5.11 Å². The van der Waals surface area contributed by atoms with E-state index in [9.17, 15) is 0 Å². The number of nitrogens with one attached hydrogen (secondary N) is 1. The number of aliphatic hydroxyl groups is 1. The van der Waals surface area contributed by atoms with Crippen molar-refractivity contribution in [3.63, 3.8) is 0 Å². The predicted molar refractivity (Wildman–Crippen MR) is 110 cm³/mol. The van der Waals surface area contributed by atoms with E-state index in [1.165, 1.54) is 103 Å². The monoisotopic (exact) mass is 357 g/mol. The number of aliphatic hydroxyl groups excluding tert-OH is 1. The fourth-order valence-corrected chi connectivity index (χ4v) is 3.33. The summed E-state index contributed by atoms with van der Waals surface area (Å²) in [6.45, 7) is 4.94. The van der Waals surface area contributed by atoms with E-state index in [-0.39, 0.29) is 6.61 Å². The van der Waals surface area contributed by atoms with Crippen molar-refractivity contribution < 1.29 is 9.94 Å². The molecule has 0 aliphatic rings. The first-order valence-electron chi connectivity index (χ1n) is 11.3. The minimum Gasteiger partial charge on any atom is -0.394 e. The van der Waals surface area contributed by atoms with Gasteiger partial charge in [-0.15, -0.1) is 0 Å². The quantitative estimate of drug-likeness (QED) is 0.181. The van der Waals surface area contributed by atoms with Crippen molar-refractivity contribution in [3.8, 4) is 0 Å². The summed E-state index contributed by atoms with van der Waals surface area (Å²) in [5, 5.41) is 8.70. The Hall–Kier alpha value is -0.120. The molecular weight excluding hydrogens is 310 g/mol. The summed E-state index contributed by atoms with van der Waals surface area (Å²) in [5.74, 6) is 0. The molecule has 0 amide bonds. The molecule has 0 aliphatic carbocycles. The number of hydrogen-bond acceptors (Lipinski definition) is 3. The zero-order valence-corrected chi connectivity index (χ0v) is 17.4. The smallest absolute Gasteiger partial charge is 0.0913 e. The lowest BCUT2D eigenvalue weighted by Crippen LogP contribution is -2.29. The lowest BCUT2D eigenvalue weighted by molar-refractivity contribution is -0.00617. The summed E-state index contributed by atoms with van der Waals surface area (Å²) in [5.41, 5.74) is 3.06. The summed E-state index contributed by atoms with van der Waals surface area (Å²) in [6.07, 6.45) is 23.5. The van der Waals surface area contributed by atoms with E-state index in [0.717, 1.165) is 6.42 Å². The van der Waals surface area contributed by atoms with Gasteiger partial charge in [-0.3, -0.25) is 4.84 Å². The Balaban J connectivity index is 3.15. The van der Waals surface area contributed by atoms with Crippen LogP contribution in [0.3, 0.4) is 0 Å². The van der Waals surface area contributed by atoms with Crippen LogP contribution in [0.25, 0.3) is 0 Å². The summed E-state index contributed by atoms with van der Waals surface area (Å²) in [4.78, 5) is 5.21. The van der Waals surface area contributed by atoms with Gasteiger partial charge in [0, 0.05) is 6.04 Å². The van der Waals surface area contributed by atoms with Crippen molar-refractivity contribution in [1.82, 2.24) is 5.48 Å². The molecule has 1 atom stereocenters. The van der Waals surface area contributed by atoms with Crippen LogP contribution in [-0.2, 0) is 4.84 Å². The first-order chi connectivity index (χ1) is 12.3. The summed E-state index contributed by atoms with van der Waals surface area (Å²) < 4.78 is 0. The molecule has 0 aliphatic heterocycles. The van der Waals surface area contributed by atoms with Crippen LogP contribution in [0.15, 0.2) is 0 Å². The highest BCUT2D eigenvalue weighted by molar-refractivity contribution is 4.60. The molecule has 152 valence electrons. The van der Waals surface area contributed by atoms with Gasteiger partial charge in [-0.1, -0.05) is 110 Å². The minimum atomic E-state index is 0.0857. The highest BCUT2D eigenvalue weighted by Crippen LogP contribution is 2.14. The van der Waals surface area contributed by atoms with Gasteiger partial charge in [-0.05, 0) is 12.8 Å². The zero-order chi connectivity index (χ0) is 18.4. The van der Waals surface area contributed by atoms with Gasteiger partial charge in [0.05, 0.1) is 13.2 Å². The summed E-state index contributed by atoms with van der Waals surface area (Å²) >= 11 is 0. The van der Waals surface area contributed by atoms with Gasteiger partial charge in [-0.2, -0.15) is 5.48 Å². The van der Waals surface area contributed by atoms with Crippen LogP contribution in [0.2, 0.25) is 0 Å². The lowest BCUT2D eigenvalue weighted by atomic mass is 10.0. The Morgan fingerprint density at radius 1 is 0.680 bits per heavy atom. The third-order valence-corrected chi connectivity index (χ3v) is 5.09. The topological polar surface area (TPSA) is 41.5 Å². The van der Waals surface area contributed by atoms with Crippen LogP contribution in [-0.4, -0.2) is 24.4 Å². The first kappa shape index (κ1) is 24.9. The van der Waals surface area contributed by atoms with Gasteiger partial charge >= 0.3 is 0 Å². The Kier molecular flexibility index (Phi) is 21.8. The molecule has 0 aromatic heterocycles. The maximum atomic E-state index is 8.70. The van der Waals surface area contributed by atoms with E-state index < -0.39 is 0 Å². The molecule has 0 fully saturated rings. The summed E-state index contributed by atoms with van der Waals surface area (Å²) in [7, 11) is 0. The maximum Gasteiger partial charge on any atom is 0.0913 e. The molecule has 3 nitrogen and oxygen atoms in total. The van der Waals surface area contributed by atoms with Crippen LogP contribution in [0.1, 0.15) is 123 Å². The normalized spacial score (nSPS) is 12.6. The van der Waals surface area contributed by atoms with Crippen molar-refractivity contribution in [3.05, 3.63) is 0 Å². The molecule has 0 radical (unpaired) electrons. The number of rotatable bonds is 21. The lowest BCUT2D eigenvalue weighted by Gasteiger charge is -2.16. The highest BCUT2D eigenvalue weighted by atomic mass is 16.6. The third kappa shape index (κ3) is 20.0. The van der Waals surface area contributed by atoms with Crippen LogP contribution < -0.4 is 5.48 Å². The van der Waals surface area contributed by atoms with Crippen LogP contribution in [0.4, 0.5) is 0 Å². The molecule has 0 aromatic rings. The number of hydroxylamine groups is 1. The molecule has 0 spiro atoms. The van der Waals surface area contributed by atoms with E-state index in [1.54, 1.807) is 0 Å². The van der Waals surface area contributed by atoms with Gasteiger partial charge in [0.1, 0.15) is 0 Å². The van der Waals surface area contributed by atoms with Crippen molar-refractivity contribution in [2.24, 2.45) is 0 Å². The molecule has 0 saturated heterocycles. The molecule has 0 aromatic carbocycles. The predicted octanol–water partition coefficient (Wildman–Crippen LogP) is 6.54. The Morgan fingerprint density at radius 3 is 1.52 bits per heavy atom. The Morgan fingerprint density at radius 2 is 1.12 bits per heavy atom. The van der Waals surface area contributed by atoms with Gasteiger partial charge in [0.15, 0.2) is 0 Å². The fourth-order valence-electron chi connectivity index (χ4n) is 3.33. The summed E-state index contributed by atoms with van der Waals surface area (Å²) in [6, 6.07) is 0.438. The molecule has 0 rings (SSSR count).